The Morgan fingerprint density at radius 3 is 2.58 bits per heavy atom. The fraction of sp³-hybridized carbons (Fsp3) is 0.417. The molecule has 1 aliphatic rings. The lowest BCUT2D eigenvalue weighted by molar-refractivity contribution is -0.141. The van der Waals surface area contributed by atoms with E-state index in [9.17, 15) is 13.2 Å². The Balaban J connectivity index is 2.11. The zero-order valence-electron chi connectivity index (χ0n) is 10.0. The Morgan fingerprint density at radius 1 is 1.32 bits per heavy atom. The number of sulfonamides is 1. The van der Waals surface area contributed by atoms with Gasteiger partial charge >= 0.3 is 5.97 Å². The van der Waals surface area contributed by atoms with Crippen molar-refractivity contribution in [2.24, 2.45) is 5.92 Å². The quantitative estimate of drug-likeness (QED) is 0.889. The van der Waals surface area contributed by atoms with Gasteiger partial charge in [-0.15, -0.1) is 0 Å². The van der Waals surface area contributed by atoms with Crippen LogP contribution in [-0.2, 0) is 14.8 Å². The van der Waals surface area contributed by atoms with Crippen molar-refractivity contribution in [3.05, 3.63) is 29.3 Å². The van der Waals surface area contributed by atoms with Gasteiger partial charge in [-0.1, -0.05) is 23.7 Å². The van der Waals surface area contributed by atoms with Gasteiger partial charge in [-0.3, -0.25) is 4.79 Å². The van der Waals surface area contributed by atoms with Crippen LogP contribution in [0.4, 0.5) is 0 Å². The summed E-state index contributed by atoms with van der Waals surface area (Å²) in [6.45, 7) is 0. The Bertz CT molecular complexity index is 587. The van der Waals surface area contributed by atoms with Crippen molar-refractivity contribution < 1.29 is 18.3 Å². The van der Waals surface area contributed by atoms with E-state index < -0.39 is 21.9 Å². The molecule has 1 aromatic carbocycles. The van der Waals surface area contributed by atoms with Gasteiger partial charge in [0.1, 0.15) is 4.90 Å². The standard InChI is InChI=1S/C12H14ClNO4S/c13-10-3-1-2-4-11(10)19(17,18)14-9-6-5-8(7-9)12(15)16/h1-4,8-9,14H,5-7H2,(H,15,16)/t8-,9+/m1/s1. The Labute approximate surface area is 116 Å². The molecule has 0 saturated heterocycles. The summed E-state index contributed by atoms with van der Waals surface area (Å²) < 4.78 is 26.8. The number of aliphatic carboxylic acids is 1. The predicted molar refractivity (Wildman–Crippen MR) is 70.5 cm³/mol. The Hall–Kier alpha value is -1.11. The summed E-state index contributed by atoms with van der Waals surface area (Å²) in [5.74, 6) is -1.35. The average molecular weight is 304 g/mol. The van der Waals surface area contributed by atoms with E-state index in [1.165, 1.54) is 12.1 Å². The molecule has 2 rings (SSSR count). The lowest BCUT2D eigenvalue weighted by atomic mass is 10.1. The first-order valence-corrected chi connectivity index (χ1v) is 7.76. The number of rotatable bonds is 4. The van der Waals surface area contributed by atoms with Crippen molar-refractivity contribution in [3.63, 3.8) is 0 Å². The van der Waals surface area contributed by atoms with Gasteiger partial charge in [0, 0.05) is 6.04 Å². The van der Waals surface area contributed by atoms with Crippen molar-refractivity contribution >= 4 is 27.6 Å². The van der Waals surface area contributed by atoms with Crippen LogP contribution in [0, 0.1) is 5.92 Å². The van der Waals surface area contributed by atoms with Crippen molar-refractivity contribution in [2.45, 2.75) is 30.2 Å². The topological polar surface area (TPSA) is 83.5 Å². The van der Waals surface area contributed by atoms with Gasteiger partial charge in [-0.05, 0) is 31.4 Å². The molecule has 0 aliphatic heterocycles. The summed E-state index contributed by atoms with van der Waals surface area (Å²) in [6, 6.07) is 5.83. The first-order valence-electron chi connectivity index (χ1n) is 5.90. The van der Waals surface area contributed by atoms with Crippen molar-refractivity contribution in [1.29, 1.82) is 0 Å². The smallest absolute Gasteiger partial charge is 0.306 e. The largest absolute Gasteiger partial charge is 0.481 e. The van der Waals surface area contributed by atoms with Gasteiger partial charge in [0.2, 0.25) is 10.0 Å². The number of carboxylic acids is 1. The zero-order chi connectivity index (χ0) is 14.0. The summed E-state index contributed by atoms with van der Waals surface area (Å²) in [4.78, 5) is 10.9. The minimum absolute atomic E-state index is 0.0236. The number of hydrogen-bond acceptors (Lipinski definition) is 3. The Kier molecular flexibility index (Phi) is 4.13. The molecule has 104 valence electrons. The van der Waals surface area contributed by atoms with Crippen LogP contribution in [0.25, 0.3) is 0 Å². The van der Waals surface area contributed by atoms with Crippen LogP contribution in [-0.4, -0.2) is 25.5 Å². The lowest BCUT2D eigenvalue weighted by Crippen LogP contribution is -2.33. The average Bonchev–Trinajstić information content (AvgIpc) is 2.77. The predicted octanol–water partition coefficient (Wildman–Crippen LogP) is 1.87. The lowest BCUT2D eigenvalue weighted by Gasteiger charge is -2.13. The maximum absolute atomic E-state index is 12.1. The highest BCUT2D eigenvalue weighted by molar-refractivity contribution is 7.89. The maximum atomic E-state index is 12.1. The summed E-state index contributed by atoms with van der Waals surface area (Å²) in [5.41, 5.74) is 0. The molecular formula is C12H14ClNO4S. The minimum Gasteiger partial charge on any atom is -0.481 e. The van der Waals surface area contributed by atoms with Crippen LogP contribution in [0.1, 0.15) is 19.3 Å². The van der Waals surface area contributed by atoms with Crippen LogP contribution in [0.3, 0.4) is 0 Å². The van der Waals surface area contributed by atoms with Gasteiger partial charge in [-0.2, -0.15) is 0 Å². The summed E-state index contributed by atoms with van der Waals surface area (Å²) >= 11 is 5.86. The Morgan fingerprint density at radius 2 is 2.00 bits per heavy atom. The molecule has 1 saturated carbocycles. The van der Waals surface area contributed by atoms with Gasteiger partial charge < -0.3 is 5.11 Å². The van der Waals surface area contributed by atoms with Gasteiger partial charge in [-0.25, -0.2) is 13.1 Å². The van der Waals surface area contributed by atoms with E-state index in [2.05, 4.69) is 4.72 Å². The van der Waals surface area contributed by atoms with E-state index in [-0.39, 0.29) is 16.0 Å². The summed E-state index contributed by atoms with van der Waals surface area (Å²) in [6.07, 6.45) is 1.34. The molecule has 1 aromatic rings. The molecular weight excluding hydrogens is 290 g/mol. The molecule has 0 unspecified atom stereocenters. The number of nitrogens with one attached hydrogen (secondary N) is 1. The second kappa shape index (κ2) is 5.48. The van der Waals surface area contributed by atoms with Crippen molar-refractivity contribution in [3.8, 4) is 0 Å². The van der Waals surface area contributed by atoms with Crippen LogP contribution in [0.5, 0.6) is 0 Å². The fourth-order valence-electron chi connectivity index (χ4n) is 2.26. The SMILES string of the molecule is O=C(O)[C@@H]1CC[C@H](NS(=O)(=O)c2ccccc2Cl)C1. The summed E-state index contributed by atoms with van der Waals surface area (Å²) in [5, 5.41) is 9.05. The second-order valence-electron chi connectivity index (χ2n) is 4.60. The normalized spacial score (nSPS) is 23.4. The highest BCUT2D eigenvalue weighted by Crippen LogP contribution is 2.28. The van der Waals surface area contributed by atoms with E-state index in [1.54, 1.807) is 12.1 Å². The van der Waals surface area contributed by atoms with Crippen LogP contribution in [0.2, 0.25) is 5.02 Å². The molecule has 1 aliphatic carbocycles. The third-order valence-corrected chi connectivity index (χ3v) is 5.25. The molecule has 7 heteroatoms. The molecule has 2 N–H and O–H groups in total. The first kappa shape index (κ1) is 14.3. The van der Waals surface area contributed by atoms with Crippen LogP contribution < -0.4 is 4.72 Å². The first-order chi connectivity index (χ1) is 8.90. The molecule has 0 amide bonds. The van der Waals surface area contributed by atoms with Crippen LogP contribution in [0.15, 0.2) is 29.2 Å². The van der Waals surface area contributed by atoms with Crippen molar-refractivity contribution in [1.82, 2.24) is 4.72 Å². The van der Waals surface area contributed by atoms with Crippen molar-refractivity contribution in [2.75, 3.05) is 0 Å². The maximum Gasteiger partial charge on any atom is 0.306 e. The highest BCUT2D eigenvalue weighted by Gasteiger charge is 2.32. The molecule has 5 nitrogen and oxygen atoms in total. The van der Waals surface area contributed by atoms with E-state index >= 15 is 0 Å². The molecule has 0 heterocycles. The number of halogens is 1. The molecule has 1 fully saturated rings. The monoisotopic (exact) mass is 303 g/mol. The minimum atomic E-state index is -3.70. The molecule has 0 radical (unpaired) electrons. The molecule has 0 bridgehead atoms. The molecule has 0 aromatic heterocycles. The number of benzene rings is 1. The van der Waals surface area contributed by atoms with E-state index in [1.807, 2.05) is 0 Å². The van der Waals surface area contributed by atoms with E-state index in [0.29, 0.717) is 19.3 Å². The van der Waals surface area contributed by atoms with Gasteiger partial charge in [0.05, 0.1) is 10.9 Å². The van der Waals surface area contributed by atoms with E-state index in [0.717, 1.165) is 0 Å². The summed E-state index contributed by atoms with van der Waals surface area (Å²) in [7, 11) is -3.70. The van der Waals surface area contributed by atoms with E-state index in [4.69, 9.17) is 16.7 Å². The fourth-order valence-corrected chi connectivity index (χ4v) is 4.06. The third kappa shape index (κ3) is 3.26. The number of carbonyl (C=O) groups is 1. The molecule has 0 spiro atoms. The molecule has 2 atom stereocenters. The zero-order valence-corrected chi connectivity index (χ0v) is 11.6. The highest BCUT2D eigenvalue weighted by atomic mass is 35.5. The number of carboxylic acid groups (broad SMARTS) is 1. The second-order valence-corrected chi connectivity index (χ2v) is 6.69. The third-order valence-electron chi connectivity index (χ3n) is 3.23. The number of hydrogen-bond donors (Lipinski definition) is 2. The molecule has 19 heavy (non-hydrogen) atoms. The van der Waals surface area contributed by atoms with Crippen LogP contribution >= 0.6 is 11.6 Å². The van der Waals surface area contributed by atoms with Gasteiger partial charge in [0.15, 0.2) is 0 Å². The van der Waals surface area contributed by atoms with Gasteiger partial charge in [0.25, 0.3) is 0 Å².